The average Bonchev–Trinajstić information content (AvgIpc) is 3.18. The Kier molecular flexibility index (Phi) is 3.44. The SMILES string of the molecule is O=C(O)c1c[nH]c2ncc(-c3nn(CC4CNC4)c4cc(F)ccc34)nc12. The number of aromatic carboxylic acids is 1. The second kappa shape index (κ2) is 5.85. The van der Waals surface area contributed by atoms with Crippen LogP contribution in [0.2, 0.25) is 0 Å². The summed E-state index contributed by atoms with van der Waals surface area (Å²) in [6.07, 6.45) is 2.91. The Bertz CT molecular complexity index is 1190. The van der Waals surface area contributed by atoms with Gasteiger partial charge in [0.25, 0.3) is 0 Å². The zero-order valence-electron chi connectivity index (χ0n) is 14.1. The molecule has 0 radical (unpaired) electrons. The predicted molar refractivity (Wildman–Crippen MR) is 95.9 cm³/mol. The first-order valence-corrected chi connectivity index (χ1v) is 8.55. The quantitative estimate of drug-likeness (QED) is 0.510. The van der Waals surface area contributed by atoms with Crippen molar-refractivity contribution in [1.82, 2.24) is 30.0 Å². The molecule has 9 heteroatoms. The van der Waals surface area contributed by atoms with Gasteiger partial charge in [0.2, 0.25) is 0 Å². The fourth-order valence-corrected chi connectivity index (χ4v) is 3.37. The molecule has 4 heterocycles. The van der Waals surface area contributed by atoms with Gasteiger partial charge in [-0.3, -0.25) is 4.68 Å². The van der Waals surface area contributed by atoms with E-state index in [2.05, 4.69) is 25.4 Å². The third-order valence-electron chi connectivity index (χ3n) is 4.86. The molecule has 27 heavy (non-hydrogen) atoms. The van der Waals surface area contributed by atoms with Gasteiger partial charge in [-0.2, -0.15) is 5.10 Å². The summed E-state index contributed by atoms with van der Waals surface area (Å²) in [7, 11) is 0. The Morgan fingerprint density at radius 3 is 2.96 bits per heavy atom. The highest BCUT2D eigenvalue weighted by molar-refractivity contribution is 6.01. The molecule has 3 N–H and O–H groups in total. The Hall–Kier alpha value is -3.33. The van der Waals surface area contributed by atoms with Crippen molar-refractivity contribution in [2.75, 3.05) is 13.1 Å². The summed E-state index contributed by atoms with van der Waals surface area (Å²) >= 11 is 0. The fraction of sp³-hybridized carbons (Fsp3) is 0.222. The van der Waals surface area contributed by atoms with Crippen LogP contribution >= 0.6 is 0 Å². The predicted octanol–water partition coefficient (Wildman–Crippen LogP) is 2.03. The van der Waals surface area contributed by atoms with Gasteiger partial charge in [0.05, 0.1) is 11.7 Å². The minimum atomic E-state index is -1.08. The van der Waals surface area contributed by atoms with Crippen molar-refractivity contribution < 1.29 is 14.3 Å². The number of rotatable bonds is 4. The van der Waals surface area contributed by atoms with Gasteiger partial charge in [0.1, 0.15) is 28.3 Å². The minimum Gasteiger partial charge on any atom is -0.478 e. The zero-order chi connectivity index (χ0) is 18.5. The Morgan fingerprint density at radius 2 is 2.22 bits per heavy atom. The summed E-state index contributed by atoms with van der Waals surface area (Å²) in [6.45, 7) is 2.49. The number of nitrogens with one attached hydrogen (secondary N) is 2. The molecular weight excluding hydrogens is 351 g/mol. The van der Waals surface area contributed by atoms with E-state index in [9.17, 15) is 14.3 Å². The number of carboxylic acid groups (broad SMARTS) is 1. The third kappa shape index (κ3) is 2.55. The van der Waals surface area contributed by atoms with Gasteiger partial charge < -0.3 is 15.4 Å². The molecule has 136 valence electrons. The number of aromatic amines is 1. The van der Waals surface area contributed by atoms with Crippen molar-refractivity contribution in [3.05, 3.63) is 42.0 Å². The smallest absolute Gasteiger partial charge is 0.339 e. The molecule has 0 amide bonds. The summed E-state index contributed by atoms with van der Waals surface area (Å²) < 4.78 is 15.6. The van der Waals surface area contributed by atoms with Crippen LogP contribution in [0.5, 0.6) is 0 Å². The molecule has 3 aromatic heterocycles. The van der Waals surface area contributed by atoms with Crippen molar-refractivity contribution in [2.45, 2.75) is 6.54 Å². The standard InChI is InChI=1S/C18H15FN6O2/c19-10-1-2-11-14(3-10)25(8-9-4-20-5-9)24-15(11)13-7-22-17-16(23-13)12(6-21-17)18(26)27/h1-3,6-7,9,20H,4-5,8H2,(H,21,22)(H,26,27). The summed E-state index contributed by atoms with van der Waals surface area (Å²) in [5, 5.41) is 17.9. The second-order valence-electron chi connectivity index (χ2n) is 6.68. The highest BCUT2D eigenvalue weighted by atomic mass is 19.1. The van der Waals surface area contributed by atoms with Crippen molar-refractivity contribution in [2.24, 2.45) is 5.92 Å². The molecule has 0 bridgehead atoms. The molecule has 0 saturated carbocycles. The van der Waals surface area contributed by atoms with Crippen molar-refractivity contribution in [1.29, 1.82) is 0 Å². The molecule has 0 atom stereocenters. The normalized spacial score (nSPS) is 14.7. The van der Waals surface area contributed by atoms with Crippen LogP contribution in [0, 0.1) is 11.7 Å². The molecule has 0 aliphatic carbocycles. The first-order chi connectivity index (χ1) is 13.1. The first-order valence-electron chi connectivity index (χ1n) is 8.55. The number of carboxylic acids is 1. The van der Waals surface area contributed by atoms with E-state index >= 15 is 0 Å². The lowest BCUT2D eigenvalue weighted by Gasteiger charge is -2.27. The molecule has 8 nitrogen and oxygen atoms in total. The van der Waals surface area contributed by atoms with E-state index < -0.39 is 5.97 Å². The molecule has 0 unspecified atom stereocenters. The Morgan fingerprint density at radius 1 is 1.37 bits per heavy atom. The minimum absolute atomic E-state index is 0.0506. The Labute approximate surface area is 152 Å². The monoisotopic (exact) mass is 366 g/mol. The van der Waals surface area contributed by atoms with Crippen molar-refractivity contribution in [3.63, 3.8) is 0 Å². The van der Waals surface area contributed by atoms with Crippen molar-refractivity contribution >= 4 is 28.0 Å². The lowest BCUT2D eigenvalue weighted by Crippen LogP contribution is -2.44. The number of hydrogen-bond donors (Lipinski definition) is 3. The Balaban J connectivity index is 1.69. The molecule has 4 aromatic rings. The molecule has 1 aliphatic heterocycles. The number of halogens is 1. The lowest BCUT2D eigenvalue weighted by atomic mass is 10.0. The van der Waals surface area contributed by atoms with E-state index in [-0.39, 0.29) is 16.9 Å². The molecule has 1 aromatic carbocycles. The highest BCUT2D eigenvalue weighted by Gasteiger charge is 2.22. The molecule has 1 aliphatic rings. The van der Waals surface area contributed by atoms with Gasteiger partial charge in [-0.05, 0) is 18.2 Å². The number of H-pyrrole nitrogens is 1. The lowest BCUT2D eigenvalue weighted by molar-refractivity contribution is 0.0699. The van der Waals surface area contributed by atoms with Gasteiger partial charge in [-0.1, -0.05) is 0 Å². The van der Waals surface area contributed by atoms with Crippen LogP contribution in [0.3, 0.4) is 0 Å². The summed E-state index contributed by atoms with van der Waals surface area (Å²) in [5.41, 5.74) is 2.41. The zero-order valence-corrected chi connectivity index (χ0v) is 14.1. The maximum atomic E-state index is 13.8. The van der Waals surface area contributed by atoms with Gasteiger partial charge >= 0.3 is 5.97 Å². The molecular formula is C18H15FN6O2. The van der Waals surface area contributed by atoms with Crippen LogP contribution in [0.25, 0.3) is 33.5 Å². The van der Waals surface area contributed by atoms with E-state index in [1.54, 1.807) is 16.9 Å². The maximum Gasteiger partial charge on any atom is 0.339 e. The third-order valence-corrected chi connectivity index (χ3v) is 4.86. The molecule has 5 rings (SSSR count). The van der Waals surface area contributed by atoms with Crippen LogP contribution in [-0.4, -0.2) is 48.9 Å². The highest BCUT2D eigenvalue weighted by Crippen LogP contribution is 2.29. The van der Waals surface area contributed by atoms with E-state index in [4.69, 9.17) is 0 Å². The van der Waals surface area contributed by atoms with Crippen LogP contribution in [0.15, 0.2) is 30.6 Å². The maximum absolute atomic E-state index is 13.8. The number of aromatic nitrogens is 5. The van der Waals surface area contributed by atoms with E-state index in [1.165, 1.54) is 18.3 Å². The number of fused-ring (bicyclic) bond motifs is 2. The topological polar surface area (TPSA) is 109 Å². The largest absolute Gasteiger partial charge is 0.478 e. The van der Waals surface area contributed by atoms with Crippen LogP contribution in [-0.2, 0) is 6.54 Å². The van der Waals surface area contributed by atoms with Gasteiger partial charge in [-0.25, -0.2) is 19.2 Å². The van der Waals surface area contributed by atoms with E-state index in [1.807, 2.05) is 0 Å². The number of nitrogens with zero attached hydrogens (tertiary/aromatic N) is 4. The van der Waals surface area contributed by atoms with E-state index in [0.29, 0.717) is 35.0 Å². The van der Waals surface area contributed by atoms with Crippen LogP contribution < -0.4 is 5.32 Å². The van der Waals surface area contributed by atoms with Gasteiger partial charge in [-0.15, -0.1) is 0 Å². The van der Waals surface area contributed by atoms with Gasteiger partial charge in [0.15, 0.2) is 5.65 Å². The number of hydrogen-bond acceptors (Lipinski definition) is 5. The van der Waals surface area contributed by atoms with Gasteiger partial charge in [0, 0.05) is 37.1 Å². The summed E-state index contributed by atoms with van der Waals surface area (Å²) in [4.78, 5) is 22.9. The molecule has 1 fully saturated rings. The van der Waals surface area contributed by atoms with E-state index in [0.717, 1.165) is 18.5 Å². The summed E-state index contributed by atoms with van der Waals surface area (Å²) in [6, 6.07) is 4.51. The number of carbonyl (C=O) groups is 1. The average molecular weight is 366 g/mol. The van der Waals surface area contributed by atoms with Crippen LogP contribution in [0.1, 0.15) is 10.4 Å². The number of benzene rings is 1. The van der Waals surface area contributed by atoms with Crippen molar-refractivity contribution in [3.8, 4) is 11.4 Å². The summed E-state index contributed by atoms with van der Waals surface area (Å²) in [5.74, 6) is -0.967. The van der Waals surface area contributed by atoms with Crippen LogP contribution in [0.4, 0.5) is 4.39 Å². The fourth-order valence-electron chi connectivity index (χ4n) is 3.37. The molecule has 1 saturated heterocycles. The first kappa shape index (κ1) is 15.9. The molecule has 0 spiro atoms. The second-order valence-corrected chi connectivity index (χ2v) is 6.68.